The number of nitrogens with one attached hydrogen (secondary N) is 1. The molecule has 1 amide bonds. The van der Waals surface area contributed by atoms with Crippen LogP contribution in [0.5, 0.6) is 0 Å². The van der Waals surface area contributed by atoms with E-state index in [0.717, 1.165) is 15.4 Å². The molecular formula is C24H23FN2O3S. The summed E-state index contributed by atoms with van der Waals surface area (Å²) in [5, 5.41) is 2.93. The number of nitrogens with zero attached hydrogens (tertiary/aromatic N) is 1. The number of amides is 1. The van der Waals surface area contributed by atoms with Crippen LogP contribution in [0.15, 0.2) is 71.6 Å². The minimum Gasteiger partial charge on any atom is -0.348 e. The number of sulfonamides is 1. The molecule has 0 aliphatic carbocycles. The number of hydrogen-bond donors (Lipinski definition) is 1. The Morgan fingerprint density at radius 3 is 2.45 bits per heavy atom. The van der Waals surface area contributed by atoms with E-state index in [1.807, 2.05) is 38.1 Å². The van der Waals surface area contributed by atoms with Gasteiger partial charge in [0.15, 0.2) is 0 Å². The average Bonchev–Trinajstić information content (AvgIpc) is 2.76. The Labute approximate surface area is 181 Å². The van der Waals surface area contributed by atoms with Gasteiger partial charge in [-0.3, -0.25) is 9.10 Å². The Balaban J connectivity index is 1.66. The predicted molar refractivity (Wildman–Crippen MR) is 119 cm³/mol. The van der Waals surface area contributed by atoms with E-state index in [4.69, 9.17) is 0 Å². The first-order valence-corrected chi connectivity index (χ1v) is 11.5. The van der Waals surface area contributed by atoms with E-state index in [-0.39, 0.29) is 10.9 Å². The molecule has 3 aromatic rings. The minimum absolute atomic E-state index is 0.0616. The Morgan fingerprint density at radius 2 is 1.74 bits per heavy atom. The first kappa shape index (κ1) is 21.1. The molecule has 0 saturated carbocycles. The Bertz CT molecular complexity index is 1240. The van der Waals surface area contributed by atoms with Crippen molar-refractivity contribution in [2.24, 2.45) is 0 Å². The molecule has 1 N–H and O–H groups in total. The van der Waals surface area contributed by atoms with E-state index in [9.17, 15) is 17.6 Å². The standard InChI is InChI=1S/C24H23FN2O3S/c1-3-21(17-10-8-16(2)9-11-17)26-24(28)15-27-22-13-12-18(25)14-20(22)19-6-4-5-7-23(19)31(27,29)30/h4-14,21H,3,15H2,1-2H3,(H,26,28)/t21-/m1/s1. The summed E-state index contributed by atoms with van der Waals surface area (Å²) >= 11 is 0. The monoisotopic (exact) mass is 438 g/mol. The van der Waals surface area contributed by atoms with Gasteiger partial charge in [0.1, 0.15) is 12.4 Å². The lowest BCUT2D eigenvalue weighted by Crippen LogP contribution is -2.43. The molecule has 5 nitrogen and oxygen atoms in total. The number of aryl methyl sites for hydroxylation is 1. The molecule has 7 heteroatoms. The summed E-state index contributed by atoms with van der Waals surface area (Å²) in [7, 11) is -3.97. The van der Waals surface area contributed by atoms with E-state index in [2.05, 4.69) is 5.32 Å². The van der Waals surface area contributed by atoms with Gasteiger partial charge in [0.05, 0.1) is 16.6 Å². The molecule has 1 aliphatic rings. The third-order valence-corrected chi connectivity index (χ3v) is 7.30. The van der Waals surface area contributed by atoms with Gasteiger partial charge in [-0.15, -0.1) is 0 Å². The van der Waals surface area contributed by atoms with Gasteiger partial charge in [0.2, 0.25) is 5.91 Å². The molecular weight excluding hydrogens is 415 g/mol. The Hall–Kier alpha value is -3.19. The second-order valence-electron chi connectivity index (χ2n) is 7.61. The van der Waals surface area contributed by atoms with Crippen LogP contribution in [-0.2, 0) is 14.8 Å². The SMILES string of the molecule is CC[C@@H](NC(=O)CN1c2ccc(F)cc2-c2ccccc2S1(=O)=O)c1ccc(C)cc1. The summed E-state index contributed by atoms with van der Waals surface area (Å²) in [6, 6.07) is 18.0. The van der Waals surface area contributed by atoms with Gasteiger partial charge in [0, 0.05) is 11.1 Å². The third kappa shape index (κ3) is 3.93. The highest BCUT2D eigenvalue weighted by Gasteiger charge is 2.36. The van der Waals surface area contributed by atoms with E-state index in [1.54, 1.807) is 18.2 Å². The van der Waals surface area contributed by atoms with Crippen molar-refractivity contribution in [3.63, 3.8) is 0 Å². The van der Waals surface area contributed by atoms with Crippen LogP contribution < -0.4 is 9.62 Å². The number of fused-ring (bicyclic) bond motifs is 3. The minimum atomic E-state index is -3.97. The van der Waals surface area contributed by atoms with Crippen LogP contribution in [0.3, 0.4) is 0 Å². The van der Waals surface area contributed by atoms with Crippen molar-refractivity contribution in [1.29, 1.82) is 0 Å². The molecule has 0 saturated heterocycles. The zero-order valence-electron chi connectivity index (χ0n) is 17.3. The van der Waals surface area contributed by atoms with Crippen LogP contribution in [0.25, 0.3) is 11.1 Å². The second kappa shape index (κ2) is 8.15. The van der Waals surface area contributed by atoms with E-state index < -0.39 is 28.3 Å². The zero-order chi connectivity index (χ0) is 22.2. The highest BCUT2D eigenvalue weighted by molar-refractivity contribution is 7.93. The van der Waals surface area contributed by atoms with Crippen molar-refractivity contribution in [2.45, 2.75) is 31.2 Å². The molecule has 0 spiro atoms. The molecule has 3 aromatic carbocycles. The number of hydrogen-bond acceptors (Lipinski definition) is 3. The molecule has 0 bridgehead atoms. The van der Waals surface area contributed by atoms with Gasteiger partial charge in [-0.25, -0.2) is 12.8 Å². The van der Waals surface area contributed by atoms with Gasteiger partial charge in [-0.1, -0.05) is 55.0 Å². The van der Waals surface area contributed by atoms with Crippen LogP contribution in [-0.4, -0.2) is 20.9 Å². The lowest BCUT2D eigenvalue weighted by molar-refractivity contribution is -0.120. The number of carbonyl (C=O) groups excluding carboxylic acids is 1. The fraction of sp³-hybridized carbons (Fsp3) is 0.208. The number of halogens is 1. The maximum absolute atomic E-state index is 14.0. The number of benzene rings is 3. The van der Waals surface area contributed by atoms with E-state index in [0.29, 0.717) is 23.2 Å². The zero-order valence-corrected chi connectivity index (χ0v) is 18.1. The van der Waals surface area contributed by atoms with Gasteiger partial charge < -0.3 is 5.32 Å². The van der Waals surface area contributed by atoms with Gasteiger partial charge in [0.25, 0.3) is 10.0 Å². The molecule has 0 aromatic heterocycles. The van der Waals surface area contributed by atoms with E-state index in [1.165, 1.54) is 24.3 Å². The van der Waals surface area contributed by atoms with E-state index >= 15 is 0 Å². The average molecular weight is 439 g/mol. The lowest BCUT2D eigenvalue weighted by Gasteiger charge is -2.32. The van der Waals surface area contributed by atoms with Crippen LogP contribution >= 0.6 is 0 Å². The second-order valence-corrected chi connectivity index (χ2v) is 9.44. The first-order valence-electron chi connectivity index (χ1n) is 10.1. The predicted octanol–water partition coefficient (Wildman–Crippen LogP) is 4.58. The van der Waals surface area contributed by atoms with Crippen LogP contribution in [0.4, 0.5) is 10.1 Å². The number of anilines is 1. The van der Waals surface area contributed by atoms with Crippen molar-refractivity contribution >= 4 is 21.6 Å². The smallest absolute Gasteiger partial charge is 0.265 e. The fourth-order valence-corrected chi connectivity index (χ4v) is 5.51. The van der Waals surface area contributed by atoms with Gasteiger partial charge >= 0.3 is 0 Å². The maximum atomic E-state index is 14.0. The van der Waals surface area contributed by atoms with Crippen molar-refractivity contribution < 1.29 is 17.6 Å². The molecule has 0 fully saturated rings. The van der Waals surface area contributed by atoms with Crippen molar-refractivity contribution in [3.8, 4) is 11.1 Å². The Morgan fingerprint density at radius 1 is 1.03 bits per heavy atom. The quantitative estimate of drug-likeness (QED) is 0.634. The van der Waals surface area contributed by atoms with Crippen LogP contribution in [0.2, 0.25) is 0 Å². The number of carbonyl (C=O) groups is 1. The molecule has 160 valence electrons. The first-order chi connectivity index (χ1) is 14.8. The summed E-state index contributed by atoms with van der Waals surface area (Å²) in [5.41, 5.74) is 3.24. The highest BCUT2D eigenvalue weighted by Crippen LogP contribution is 2.43. The maximum Gasteiger partial charge on any atom is 0.265 e. The van der Waals surface area contributed by atoms with Crippen LogP contribution in [0, 0.1) is 12.7 Å². The normalized spacial score (nSPS) is 15.0. The number of rotatable bonds is 5. The summed E-state index contributed by atoms with van der Waals surface area (Å²) in [6.07, 6.45) is 0.659. The fourth-order valence-electron chi connectivity index (χ4n) is 3.86. The lowest BCUT2D eigenvalue weighted by atomic mass is 10.0. The molecule has 1 aliphatic heterocycles. The van der Waals surface area contributed by atoms with Crippen LogP contribution in [0.1, 0.15) is 30.5 Å². The summed E-state index contributed by atoms with van der Waals surface area (Å²) < 4.78 is 41.6. The summed E-state index contributed by atoms with van der Waals surface area (Å²) in [4.78, 5) is 13.0. The summed E-state index contributed by atoms with van der Waals surface area (Å²) in [6.45, 7) is 3.55. The molecule has 0 radical (unpaired) electrons. The molecule has 31 heavy (non-hydrogen) atoms. The largest absolute Gasteiger partial charge is 0.348 e. The topological polar surface area (TPSA) is 66.5 Å². The van der Waals surface area contributed by atoms with Crippen molar-refractivity contribution in [3.05, 3.63) is 83.7 Å². The molecule has 4 rings (SSSR count). The molecule has 1 atom stereocenters. The molecule has 1 heterocycles. The van der Waals surface area contributed by atoms with Gasteiger partial charge in [-0.2, -0.15) is 0 Å². The van der Waals surface area contributed by atoms with Gasteiger partial charge in [-0.05, 0) is 43.2 Å². The summed E-state index contributed by atoms with van der Waals surface area (Å²) in [5.74, 6) is -0.895. The van der Waals surface area contributed by atoms with Crippen molar-refractivity contribution in [2.75, 3.05) is 10.8 Å². The third-order valence-electron chi connectivity index (χ3n) is 5.48. The van der Waals surface area contributed by atoms with Crippen molar-refractivity contribution in [1.82, 2.24) is 5.32 Å². The molecule has 0 unspecified atom stereocenters. The Kier molecular flexibility index (Phi) is 5.54. The highest BCUT2D eigenvalue weighted by atomic mass is 32.2.